The van der Waals surface area contributed by atoms with Crippen molar-refractivity contribution in [2.75, 3.05) is 25.1 Å². The van der Waals surface area contributed by atoms with Crippen molar-refractivity contribution in [1.29, 1.82) is 0 Å². The van der Waals surface area contributed by atoms with Crippen LogP contribution in [0.25, 0.3) is 0 Å². The van der Waals surface area contributed by atoms with E-state index in [1.54, 1.807) is 30.3 Å². The Morgan fingerprint density at radius 3 is 2.60 bits per heavy atom. The number of hydrogen-bond acceptors (Lipinski definition) is 7. The highest BCUT2D eigenvalue weighted by Gasteiger charge is 2.27. The van der Waals surface area contributed by atoms with Crippen LogP contribution in [-0.2, 0) is 4.79 Å². The fraction of sp³-hybridized carbons (Fsp3) is 0.333. The molecule has 1 amide bonds. The number of aromatic amines is 2. The summed E-state index contributed by atoms with van der Waals surface area (Å²) in [5.74, 6) is -0.849. The van der Waals surface area contributed by atoms with Crippen LogP contribution < -0.4 is 20.7 Å². The molecule has 2 aromatic rings. The van der Waals surface area contributed by atoms with Crippen LogP contribution in [0.1, 0.15) is 18.5 Å². The third-order valence-electron chi connectivity index (χ3n) is 4.10. The van der Waals surface area contributed by atoms with Crippen LogP contribution in [-0.4, -0.2) is 52.1 Å². The molecule has 2 atom stereocenters. The van der Waals surface area contributed by atoms with Crippen LogP contribution in [0.5, 0.6) is 5.75 Å². The number of anilines is 1. The minimum absolute atomic E-state index is 0.210. The van der Waals surface area contributed by atoms with Gasteiger partial charge in [-0.2, -0.15) is 0 Å². The molecule has 0 aliphatic carbocycles. The van der Waals surface area contributed by atoms with E-state index in [9.17, 15) is 14.7 Å². The molecule has 7 N–H and O–H groups in total. The molecule has 30 heavy (non-hydrogen) atoms. The van der Waals surface area contributed by atoms with Gasteiger partial charge in [-0.3, -0.25) is 10.1 Å². The standard InChI is InChI=1S/C18H23N5O5S2/c1-10(16(24)25)15(23-18(26)27)11-3-2-4-12(7-11)28-9-19-5-6-20-13-8-14(29)22-17(30)21-13/h2-4,7-8,10,15,19,23H,5-6,9H2,1H3,(H,24,25)(H,26,27)(H3,20,21,22,29,30). The average Bonchev–Trinajstić information content (AvgIpc) is 2.67. The molecule has 0 saturated heterocycles. The molecule has 2 unspecified atom stereocenters. The second-order valence-corrected chi connectivity index (χ2v) is 7.19. The number of H-pyrrole nitrogens is 2. The highest BCUT2D eigenvalue weighted by atomic mass is 32.1. The summed E-state index contributed by atoms with van der Waals surface area (Å²) in [5, 5.41) is 26.7. The first-order chi connectivity index (χ1) is 14.3. The van der Waals surface area contributed by atoms with Crippen LogP contribution in [0.2, 0.25) is 0 Å². The molecular formula is C18H23N5O5S2. The minimum atomic E-state index is -1.30. The van der Waals surface area contributed by atoms with E-state index in [0.717, 1.165) is 0 Å². The molecule has 0 radical (unpaired) electrons. The van der Waals surface area contributed by atoms with Gasteiger partial charge in [-0.15, -0.1) is 0 Å². The van der Waals surface area contributed by atoms with E-state index >= 15 is 0 Å². The summed E-state index contributed by atoms with van der Waals surface area (Å²) < 4.78 is 6.60. The number of amides is 1. The van der Waals surface area contributed by atoms with Gasteiger partial charge in [-0.05, 0) is 36.8 Å². The van der Waals surface area contributed by atoms with Gasteiger partial charge in [0.1, 0.15) is 22.9 Å². The number of carboxylic acids is 1. The molecule has 0 bridgehead atoms. The highest BCUT2D eigenvalue weighted by Crippen LogP contribution is 2.25. The second-order valence-electron chi connectivity index (χ2n) is 6.34. The van der Waals surface area contributed by atoms with Crippen LogP contribution in [0.4, 0.5) is 10.6 Å². The van der Waals surface area contributed by atoms with Gasteiger partial charge in [0.2, 0.25) is 0 Å². The van der Waals surface area contributed by atoms with Gasteiger partial charge >= 0.3 is 12.1 Å². The third-order valence-corrected chi connectivity index (χ3v) is 4.53. The fourth-order valence-corrected chi connectivity index (χ4v) is 3.13. The van der Waals surface area contributed by atoms with E-state index in [4.69, 9.17) is 34.3 Å². The fourth-order valence-electron chi connectivity index (χ4n) is 2.63. The first-order valence-corrected chi connectivity index (χ1v) is 9.81. The molecule has 0 spiro atoms. The summed E-state index contributed by atoms with van der Waals surface area (Å²) >= 11 is 10.1. The molecule has 0 aliphatic heterocycles. The van der Waals surface area contributed by atoms with Crippen LogP contribution in [0, 0.1) is 15.3 Å². The Morgan fingerprint density at radius 1 is 1.17 bits per heavy atom. The Labute approximate surface area is 182 Å². The number of benzene rings is 1. The first-order valence-electron chi connectivity index (χ1n) is 8.99. The predicted octanol–water partition coefficient (Wildman–Crippen LogP) is 2.87. The number of ether oxygens (including phenoxy) is 1. The van der Waals surface area contributed by atoms with Crippen LogP contribution in [0.3, 0.4) is 0 Å². The molecule has 0 aliphatic rings. The molecule has 12 heteroatoms. The van der Waals surface area contributed by atoms with E-state index in [0.29, 0.717) is 39.6 Å². The maximum Gasteiger partial charge on any atom is 0.405 e. The van der Waals surface area contributed by atoms with Gasteiger partial charge < -0.3 is 35.6 Å². The van der Waals surface area contributed by atoms with Crippen molar-refractivity contribution in [2.45, 2.75) is 13.0 Å². The molecule has 162 valence electrons. The summed E-state index contributed by atoms with van der Waals surface area (Å²) in [6, 6.07) is 7.48. The number of nitrogens with one attached hydrogen (secondary N) is 5. The first kappa shape index (κ1) is 23.3. The maximum atomic E-state index is 11.3. The van der Waals surface area contributed by atoms with Crippen molar-refractivity contribution >= 4 is 42.3 Å². The van der Waals surface area contributed by atoms with Gasteiger partial charge in [0.15, 0.2) is 4.77 Å². The van der Waals surface area contributed by atoms with E-state index in [-0.39, 0.29) is 6.73 Å². The normalized spacial score (nSPS) is 12.6. The molecular weight excluding hydrogens is 430 g/mol. The van der Waals surface area contributed by atoms with Crippen molar-refractivity contribution in [2.24, 2.45) is 5.92 Å². The quantitative estimate of drug-likeness (QED) is 0.155. The van der Waals surface area contributed by atoms with Gasteiger partial charge in [0.05, 0.1) is 12.0 Å². The second kappa shape index (κ2) is 11.3. The molecule has 10 nitrogen and oxygen atoms in total. The van der Waals surface area contributed by atoms with Crippen LogP contribution >= 0.6 is 24.4 Å². The Morgan fingerprint density at radius 2 is 1.93 bits per heavy atom. The smallest absolute Gasteiger partial charge is 0.405 e. The zero-order chi connectivity index (χ0) is 22.1. The number of carboxylic acid groups (broad SMARTS) is 2. The molecule has 2 rings (SSSR count). The molecule has 1 aromatic carbocycles. The molecule has 0 fully saturated rings. The molecule has 1 heterocycles. The SMILES string of the molecule is CC(C(=O)O)C(NC(=O)O)c1cccc(OCNCCNc2cc(=S)[nH]c(=S)[nH]2)c1. The lowest BCUT2D eigenvalue weighted by molar-refractivity contribution is -0.142. The summed E-state index contributed by atoms with van der Waals surface area (Å²) in [6.07, 6.45) is -1.30. The maximum absolute atomic E-state index is 11.3. The lowest BCUT2D eigenvalue weighted by Gasteiger charge is -2.22. The number of carbonyl (C=O) groups is 2. The van der Waals surface area contributed by atoms with Crippen molar-refractivity contribution in [1.82, 2.24) is 20.6 Å². The van der Waals surface area contributed by atoms with Crippen molar-refractivity contribution in [3.8, 4) is 5.75 Å². The Bertz CT molecular complexity index is 965. The molecule has 0 saturated carbocycles. The average molecular weight is 454 g/mol. The lowest BCUT2D eigenvalue weighted by atomic mass is 9.94. The Kier molecular flexibility index (Phi) is 8.77. The summed E-state index contributed by atoms with van der Waals surface area (Å²) in [6.45, 7) is 2.83. The zero-order valence-electron chi connectivity index (χ0n) is 16.1. The number of aromatic nitrogens is 2. The van der Waals surface area contributed by atoms with Crippen molar-refractivity contribution < 1.29 is 24.5 Å². The van der Waals surface area contributed by atoms with Gasteiger partial charge in [-0.1, -0.05) is 24.4 Å². The van der Waals surface area contributed by atoms with Gasteiger partial charge in [-0.25, -0.2) is 4.79 Å². The Balaban J connectivity index is 1.85. The summed E-state index contributed by atoms with van der Waals surface area (Å²) in [4.78, 5) is 28.1. The number of hydrogen-bond donors (Lipinski definition) is 7. The third kappa shape index (κ3) is 7.46. The van der Waals surface area contributed by atoms with Gasteiger partial charge in [0.25, 0.3) is 0 Å². The molecule has 1 aromatic heterocycles. The van der Waals surface area contributed by atoms with E-state index < -0.39 is 24.0 Å². The van der Waals surface area contributed by atoms with Crippen molar-refractivity contribution in [3.05, 3.63) is 45.3 Å². The summed E-state index contributed by atoms with van der Waals surface area (Å²) in [5.41, 5.74) is 0.502. The van der Waals surface area contributed by atoms with E-state index in [2.05, 4.69) is 25.9 Å². The van der Waals surface area contributed by atoms with E-state index in [1.807, 2.05) is 0 Å². The van der Waals surface area contributed by atoms with E-state index in [1.165, 1.54) is 6.92 Å². The monoisotopic (exact) mass is 453 g/mol. The topological polar surface area (TPSA) is 152 Å². The number of rotatable bonds is 11. The van der Waals surface area contributed by atoms with Gasteiger partial charge in [0, 0.05) is 19.2 Å². The minimum Gasteiger partial charge on any atom is -0.481 e. The largest absolute Gasteiger partial charge is 0.481 e. The lowest BCUT2D eigenvalue weighted by Crippen LogP contribution is -2.34. The van der Waals surface area contributed by atoms with Crippen molar-refractivity contribution in [3.63, 3.8) is 0 Å². The summed E-state index contributed by atoms with van der Waals surface area (Å²) in [7, 11) is 0. The Hall–Kier alpha value is -2.96. The predicted molar refractivity (Wildman–Crippen MR) is 116 cm³/mol. The highest BCUT2D eigenvalue weighted by molar-refractivity contribution is 7.72. The number of aliphatic carboxylic acids is 1. The zero-order valence-corrected chi connectivity index (χ0v) is 17.7. The van der Waals surface area contributed by atoms with Crippen LogP contribution in [0.15, 0.2) is 30.3 Å².